The fraction of sp³-hybridized carbons (Fsp3) is 0.368. The molecule has 1 aromatic carbocycles. The summed E-state index contributed by atoms with van der Waals surface area (Å²) in [6.07, 6.45) is 3.66. The number of hydrogen-bond acceptors (Lipinski definition) is 6. The molecule has 1 fully saturated rings. The third-order valence-electron chi connectivity index (χ3n) is 4.70. The summed E-state index contributed by atoms with van der Waals surface area (Å²) in [4.78, 5) is 28.1. The Kier molecular flexibility index (Phi) is 6.56. The van der Waals surface area contributed by atoms with Gasteiger partial charge in [0.05, 0.1) is 11.8 Å². The van der Waals surface area contributed by atoms with Crippen LogP contribution in [0, 0.1) is 0 Å². The highest BCUT2D eigenvalue weighted by Gasteiger charge is 2.22. The Morgan fingerprint density at radius 1 is 1.24 bits per heavy atom. The zero-order valence-corrected chi connectivity index (χ0v) is 17.8. The van der Waals surface area contributed by atoms with E-state index in [1.807, 2.05) is 10.8 Å². The summed E-state index contributed by atoms with van der Waals surface area (Å²) >= 11 is 6.18. The van der Waals surface area contributed by atoms with Gasteiger partial charge in [0.25, 0.3) is 5.91 Å². The van der Waals surface area contributed by atoms with Crippen LogP contribution in [0.2, 0.25) is 5.02 Å². The van der Waals surface area contributed by atoms with Crippen molar-refractivity contribution in [3.8, 4) is 0 Å². The number of amides is 1. The lowest BCUT2D eigenvalue weighted by molar-refractivity contribution is 0.0724. The van der Waals surface area contributed by atoms with Crippen molar-refractivity contribution in [2.45, 2.75) is 19.9 Å². The van der Waals surface area contributed by atoms with Crippen LogP contribution in [-0.2, 0) is 0 Å². The summed E-state index contributed by atoms with van der Waals surface area (Å²) in [5.74, 6) is 1.16. The quantitative estimate of drug-likeness (QED) is 0.653. The van der Waals surface area contributed by atoms with Gasteiger partial charge >= 0.3 is 0 Å². The second-order valence-corrected chi connectivity index (χ2v) is 7.46. The summed E-state index contributed by atoms with van der Waals surface area (Å²) in [6, 6.07) is 5.64. The van der Waals surface area contributed by atoms with E-state index < -0.39 is 0 Å². The molecule has 0 radical (unpaired) electrons. The molecule has 1 aliphatic heterocycles. The van der Waals surface area contributed by atoms with Crippen molar-refractivity contribution in [2.75, 3.05) is 31.5 Å². The first-order valence-electron chi connectivity index (χ1n) is 9.29. The molecule has 1 amide bonds. The maximum absolute atomic E-state index is 12.9. The molecular formula is C19H23Cl2N7O. The van der Waals surface area contributed by atoms with Gasteiger partial charge in [-0.15, -0.1) is 12.4 Å². The number of nitrogens with one attached hydrogen (secondary N) is 2. The molecule has 10 heteroatoms. The lowest BCUT2D eigenvalue weighted by Crippen LogP contribution is -2.46. The van der Waals surface area contributed by atoms with Crippen molar-refractivity contribution >= 4 is 52.5 Å². The molecule has 1 saturated heterocycles. The third-order valence-corrected chi connectivity index (χ3v) is 4.93. The average molecular weight is 436 g/mol. The molecule has 3 heterocycles. The minimum absolute atomic E-state index is 0. The fourth-order valence-corrected chi connectivity index (χ4v) is 3.28. The van der Waals surface area contributed by atoms with Gasteiger partial charge in [0.1, 0.15) is 11.6 Å². The highest BCUT2D eigenvalue weighted by atomic mass is 35.5. The molecule has 0 spiro atoms. The van der Waals surface area contributed by atoms with Crippen molar-refractivity contribution in [1.29, 1.82) is 0 Å². The maximum atomic E-state index is 12.9. The standard InChI is InChI=1S/C19H22ClN7O.ClH/c1-12(2)27-10-16(22-11-27)24-17-14-9-13(20)3-4-15(14)23-18(25-17)19(28)26-7-5-21-6-8-26;/h3-4,9-12,21H,5-8H2,1-2H3,(H,23,24,25);1H. The SMILES string of the molecule is CC(C)n1cnc(Nc2nc(C(=O)N3CCNCC3)nc3ccc(Cl)cc23)c1.Cl. The van der Waals surface area contributed by atoms with Crippen LogP contribution in [0.1, 0.15) is 30.5 Å². The van der Waals surface area contributed by atoms with E-state index in [0.717, 1.165) is 18.5 Å². The van der Waals surface area contributed by atoms with Crippen LogP contribution < -0.4 is 10.6 Å². The van der Waals surface area contributed by atoms with Crippen LogP contribution in [0.5, 0.6) is 0 Å². The molecule has 0 aliphatic carbocycles. The topological polar surface area (TPSA) is 88.0 Å². The van der Waals surface area contributed by atoms with E-state index >= 15 is 0 Å². The van der Waals surface area contributed by atoms with Gasteiger partial charge in [-0.05, 0) is 32.0 Å². The summed E-state index contributed by atoms with van der Waals surface area (Å²) in [5, 5.41) is 7.78. The van der Waals surface area contributed by atoms with Crippen molar-refractivity contribution in [3.05, 3.63) is 41.6 Å². The molecule has 0 bridgehead atoms. The Morgan fingerprint density at radius 3 is 2.69 bits per heavy atom. The van der Waals surface area contributed by atoms with Gasteiger partial charge < -0.3 is 20.1 Å². The van der Waals surface area contributed by atoms with Gasteiger partial charge in [-0.3, -0.25) is 4.79 Å². The van der Waals surface area contributed by atoms with E-state index in [4.69, 9.17) is 11.6 Å². The first-order chi connectivity index (χ1) is 13.5. The molecule has 2 N–H and O–H groups in total. The zero-order chi connectivity index (χ0) is 19.7. The van der Waals surface area contributed by atoms with Crippen LogP contribution >= 0.6 is 24.0 Å². The van der Waals surface area contributed by atoms with Crippen LogP contribution in [-0.4, -0.2) is 56.5 Å². The Balaban J connectivity index is 0.00000240. The molecule has 154 valence electrons. The number of benzene rings is 1. The van der Waals surface area contributed by atoms with Gasteiger partial charge in [-0.25, -0.2) is 15.0 Å². The largest absolute Gasteiger partial charge is 0.333 e. The van der Waals surface area contributed by atoms with E-state index in [1.165, 1.54) is 0 Å². The normalized spacial score (nSPS) is 14.1. The first-order valence-corrected chi connectivity index (χ1v) is 9.67. The van der Waals surface area contributed by atoms with Gasteiger partial charge in [-0.2, -0.15) is 0 Å². The lowest BCUT2D eigenvalue weighted by atomic mass is 10.2. The minimum atomic E-state index is -0.172. The molecule has 29 heavy (non-hydrogen) atoms. The lowest BCUT2D eigenvalue weighted by Gasteiger charge is -2.26. The predicted octanol–water partition coefficient (Wildman–Crippen LogP) is 3.27. The van der Waals surface area contributed by atoms with E-state index in [-0.39, 0.29) is 24.1 Å². The number of carbonyl (C=O) groups is 1. The van der Waals surface area contributed by atoms with Gasteiger partial charge in [0.15, 0.2) is 0 Å². The third kappa shape index (κ3) is 4.60. The highest BCUT2D eigenvalue weighted by Crippen LogP contribution is 2.27. The number of aromatic nitrogens is 4. The number of piperazine rings is 1. The fourth-order valence-electron chi connectivity index (χ4n) is 3.11. The number of nitrogens with zero attached hydrogens (tertiary/aromatic N) is 5. The Bertz CT molecular complexity index is 1010. The maximum Gasteiger partial charge on any atom is 0.291 e. The molecule has 0 saturated carbocycles. The second kappa shape index (κ2) is 8.94. The number of fused-ring (bicyclic) bond motifs is 1. The Labute approximate surface area is 180 Å². The van der Waals surface area contributed by atoms with Crippen molar-refractivity contribution in [1.82, 2.24) is 29.7 Å². The molecule has 2 aromatic heterocycles. The number of anilines is 2. The van der Waals surface area contributed by atoms with Crippen LogP contribution in [0.3, 0.4) is 0 Å². The molecular weight excluding hydrogens is 413 g/mol. The Hall–Kier alpha value is -2.42. The Morgan fingerprint density at radius 2 is 2.00 bits per heavy atom. The molecule has 4 rings (SSSR count). The molecule has 3 aromatic rings. The summed E-state index contributed by atoms with van der Waals surface area (Å²) < 4.78 is 1.99. The number of halogens is 2. The van der Waals surface area contributed by atoms with Crippen LogP contribution in [0.25, 0.3) is 10.9 Å². The highest BCUT2D eigenvalue weighted by molar-refractivity contribution is 6.31. The number of carbonyl (C=O) groups excluding carboxylic acids is 1. The van der Waals surface area contributed by atoms with Crippen molar-refractivity contribution in [3.63, 3.8) is 0 Å². The van der Waals surface area contributed by atoms with E-state index in [1.54, 1.807) is 29.4 Å². The zero-order valence-electron chi connectivity index (χ0n) is 16.2. The number of rotatable bonds is 4. The monoisotopic (exact) mass is 435 g/mol. The van der Waals surface area contributed by atoms with Crippen LogP contribution in [0.15, 0.2) is 30.7 Å². The molecule has 0 atom stereocenters. The average Bonchev–Trinajstić information content (AvgIpc) is 3.17. The molecule has 8 nitrogen and oxygen atoms in total. The van der Waals surface area contributed by atoms with Crippen molar-refractivity contribution in [2.24, 2.45) is 0 Å². The summed E-state index contributed by atoms with van der Waals surface area (Å²) in [6.45, 7) is 6.98. The first kappa shape index (κ1) is 21.3. The minimum Gasteiger partial charge on any atom is -0.333 e. The second-order valence-electron chi connectivity index (χ2n) is 7.02. The number of hydrogen-bond donors (Lipinski definition) is 2. The number of imidazole rings is 1. The summed E-state index contributed by atoms with van der Waals surface area (Å²) in [7, 11) is 0. The summed E-state index contributed by atoms with van der Waals surface area (Å²) in [5.41, 5.74) is 0.656. The van der Waals surface area contributed by atoms with Crippen molar-refractivity contribution < 1.29 is 4.79 Å². The predicted molar refractivity (Wildman–Crippen MR) is 116 cm³/mol. The van der Waals surface area contributed by atoms with E-state index in [9.17, 15) is 4.79 Å². The van der Waals surface area contributed by atoms with Gasteiger partial charge in [0.2, 0.25) is 5.82 Å². The van der Waals surface area contributed by atoms with E-state index in [2.05, 4.69) is 39.4 Å². The molecule has 0 unspecified atom stereocenters. The van der Waals surface area contributed by atoms with Crippen LogP contribution in [0.4, 0.5) is 11.6 Å². The van der Waals surface area contributed by atoms with Gasteiger partial charge in [-0.1, -0.05) is 11.6 Å². The van der Waals surface area contributed by atoms with E-state index in [0.29, 0.717) is 41.3 Å². The van der Waals surface area contributed by atoms with Gasteiger partial charge in [0, 0.05) is 48.8 Å². The molecule has 1 aliphatic rings. The smallest absolute Gasteiger partial charge is 0.291 e.